The molecule has 0 amide bonds. The van der Waals surface area contributed by atoms with Gasteiger partial charge in [0.25, 0.3) is 0 Å². The predicted octanol–water partition coefficient (Wildman–Crippen LogP) is 4.01. The summed E-state index contributed by atoms with van der Waals surface area (Å²) in [6.45, 7) is 7.39. The van der Waals surface area contributed by atoms with Crippen molar-refractivity contribution in [3.63, 3.8) is 0 Å². The van der Waals surface area contributed by atoms with Gasteiger partial charge in [0.1, 0.15) is 15.4 Å². The van der Waals surface area contributed by atoms with Crippen LogP contribution in [0.25, 0.3) is 0 Å². The summed E-state index contributed by atoms with van der Waals surface area (Å²) in [7, 11) is 0. The van der Waals surface area contributed by atoms with Gasteiger partial charge in [-0.3, -0.25) is 0 Å². The lowest BCUT2D eigenvalue weighted by Gasteiger charge is -2.45. The molecule has 1 aliphatic rings. The summed E-state index contributed by atoms with van der Waals surface area (Å²) in [4.78, 5) is 4.23. The molecule has 3 nitrogen and oxygen atoms in total. The maximum absolute atomic E-state index is 10.7. The van der Waals surface area contributed by atoms with Crippen molar-refractivity contribution in [2.45, 2.75) is 52.6 Å². The van der Waals surface area contributed by atoms with Gasteiger partial charge in [-0.25, -0.2) is 4.98 Å². The molecular formula is C15H25ClN2OS. The maximum atomic E-state index is 10.7. The van der Waals surface area contributed by atoms with Gasteiger partial charge in [-0.15, -0.1) is 11.3 Å². The van der Waals surface area contributed by atoms with Gasteiger partial charge in [0.05, 0.1) is 6.20 Å². The summed E-state index contributed by atoms with van der Waals surface area (Å²) in [5.74, 6) is 0.703. The van der Waals surface area contributed by atoms with Gasteiger partial charge in [-0.05, 0) is 37.0 Å². The lowest BCUT2D eigenvalue weighted by atomic mass is 9.62. The second-order valence-corrected chi connectivity index (χ2v) is 8.81. The summed E-state index contributed by atoms with van der Waals surface area (Å²) >= 11 is 7.29. The number of hydrogen-bond donors (Lipinski definition) is 2. The largest absolute Gasteiger partial charge is 0.385 e. The fourth-order valence-electron chi connectivity index (χ4n) is 3.30. The molecule has 5 heteroatoms. The smallest absolute Gasteiger partial charge is 0.123 e. The fourth-order valence-corrected chi connectivity index (χ4v) is 4.36. The second-order valence-electron chi connectivity index (χ2n) is 7.11. The van der Waals surface area contributed by atoms with E-state index in [2.05, 4.69) is 25.8 Å². The van der Waals surface area contributed by atoms with Crippen LogP contribution in [0, 0.1) is 16.7 Å². The molecule has 2 rings (SSSR count). The molecule has 0 radical (unpaired) electrons. The second kappa shape index (κ2) is 5.91. The first-order valence-electron chi connectivity index (χ1n) is 7.28. The molecule has 0 aliphatic heterocycles. The average Bonchev–Trinajstić information content (AvgIpc) is 2.83. The summed E-state index contributed by atoms with van der Waals surface area (Å²) in [5.41, 5.74) is 6.12. The molecule has 0 spiro atoms. The summed E-state index contributed by atoms with van der Waals surface area (Å²) in [6, 6.07) is 0. The number of halogens is 1. The molecule has 1 aromatic heterocycles. The number of hydrogen-bond acceptors (Lipinski definition) is 4. The summed E-state index contributed by atoms with van der Waals surface area (Å²) < 4.78 is 0.620. The van der Waals surface area contributed by atoms with Crippen molar-refractivity contribution in [2.24, 2.45) is 22.5 Å². The molecule has 0 saturated heterocycles. The van der Waals surface area contributed by atoms with Crippen LogP contribution in [-0.2, 0) is 0 Å². The number of nitrogens with two attached hydrogens (primary N) is 1. The zero-order chi connectivity index (χ0) is 15.0. The van der Waals surface area contributed by atoms with Crippen LogP contribution in [0.2, 0.25) is 4.34 Å². The fraction of sp³-hybridized carbons (Fsp3) is 0.800. The van der Waals surface area contributed by atoms with Gasteiger partial charge in [0, 0.05) is 12.0 Å². The summed E-state index contributed by atoms with van der Waals surface area (Å²) in [5, 5.41) is 11.4. The Kier molecular flexibility index (Phi) is 4.80. The first-order valence-corrected chi connectivity index (χ1v) is 8.47. The Hall–Kier alpha value is -0.160. The van der Waals surface area contributed by atoms with Crippen LogP contribution in [0.1, 0.15) is 57.6 Å². The molecule has 0 aromatic carbocycles. The number of aromatic nitrogens is 1. The van der Waals surface area contributed by atoms with Crippen LogP contribution in [0.5, 0.6) is 0 Å². The summed E-state index contributed by atoms with van der Waals surface area (Å²) in [6.07, 6.45) is 5.18. The molecule has 1 unspecified atom stereocenters. The van der Waals surface area contributed by atoms with E-state index >= 15 is 0 Å². The normalized spacial score (nSPS) is 29.4. The molecule has 1 saturated carbocycles. The lowest BCUT2D eigenvalue weighted by Crippen LogP contribution is -2.42. The van der Waals surface area contributed by atoms with E-state index in [1.165, 1.54) is 11.3 Å². The van der Waals surface area contributed by atoms with Gasteiger partial charge in [-0.1, -0.05) is 32.4 Å². The van der Waals surface area contributed by atoms with Crippen molar-refractivity contribution in [3.05, 3.63) is 15.5 Å². The highest BCUT2D eigenvalue weighted by atomic mass is 35.5. The van der Waals surface area contributed by atoms with Gasteiger partial charge in [0.2, 0.25) is 0 Å². The van der Waals surface area contributed by atoms with E-state index in [0.29, 0.717) is 27.2 Å². The number of thiazole rings is 1. The molecule has 1 aliphatic carbocycles. The average molecular weight is 317 g/mol. The van der Waals surface area contributed by atoms with E-state index in [-0.39, 0.29) is 5.41 Å². The van der Waals surface area contributed by atoms with Crippen molar-refractivity contribution >= 4 is 22.9 Å². The monoisotopic (exact) mass is 316 g/mol. The van der Waals surface area contributed by atoms with Crippen molar-refractivity contribution in [3.8, 4) is 0 Å². The van der Waals surface area contributed by atoms with Crippen LogP contribution in [0.4, 0.5) is 0 Å². The van der Waals surface area contributed by atoms with Crippen LogP contribution < -0.4 is 5.73 Å². The Bertz CT molecular complexity index is 447. The molecule has 1 heterocycles. The molecule has 114 valence electrons. The van der Waals surface area contributed by atoms with Crippen LogP contribution >= 0.6 is 22.9 Å². The van der Waals surface area contributed by atoms with E-state index in [9.17, 15) is 5.11 Å². The van der Waals surface area contributed by atoms with E-state index in [1.807, 2.05) is 0 Å². The minimum atomic E-state index is -0.592. The van der Waals surface area contributed by atoms with Crippen LogP contribution in [0.3, 0.4) is 0 Å². The van der Waals surface area contributed by atoms with Gasteiger partial charge in [0.15, 0.2) is 0 Å². The highest BCUT2D eigenvalue weighted by Crippen LogP contribution is 2.51. The predicted molar refractivity (Wildman–Crippen MR) is 85.0 cm³/mol. The minimum Gasteiger partial charge on any atom is -0.385 e. The number of aliphatic hydroxyl groups excluding tert-OH is 1. The zero-order valence-electron chi connectivity index (χ0n) is 12.5. The number of rotatable bonds is 3. The van der Waals surface area contributed by atoms with Crippen molar-refractivity contribution in [2.75, 3.05) is 6.54 Å². The molecule has 1 aromatic rings. The van der Waals surface area contributed by atoms with Gasteiger partial charge < -0.3 is 10.8 Å². The van der Waals surface area contributed by atoms with E-state index in [4.69, 9.17) is 17.3 Å². The molecule has 1 atom stereocenters. The highest BCUT2D eigenvalue weighted by Gasteiger charge is 2.44. The quantitative estimate of drug-likeness (QED) is 0.885. The Balaban J connectivity index is 2.12. The minimum absolute atomic E-state index is 0.233. The highest BCUT2D eigenvalue weighted by molar-refractivity contribution is 7.15. The topological polar surface area (TPSA) is 59.1 Å². The Morgan fingerprint density at radius 3 is 2.50 bits per heavy atom. The van der Waals surface area contributed by atoms with E-state index in [1.54, 1.807) is 6.20 Å². The third kappa shape index (κ3) is 3.19. The molecular weight excluding hydrogens is 292 g/mol. The number of nitrogens with zero attached hydrogens (tertiary/aromatic N) is 1. The third-order valence-corrected chi connectivity index (χ3v) is 6.09. The standard InChI is InChI=1S/C15H25ClN2OS/c1-14(2,3)10-4-6-15(9-17,7-5-10)12(19)13-18-8-11(16)20-13/h8,10,12,19H,4-7,9,17H2,1-3H3. The SMILES string of the molecule is CC(C)(C)C1CCC(CN)(C(O)c2ncc(Cl)s2)CC1. The van der Waals surface area contributed by atoms with Gasteiger partial charge in [-0.2, -0.15) is 0 Å². The first kappa shape index (κ1) is 16.2. The van der Waals surface area contributed by atoms with E-state index in [0.717, 1.165) is 25.7 Å². The van der Waals surface area contributed by atoms with Crippen molar-refractivity contribution in [1.82, 2.24) is 4.98 Å². The Morgan fingerprint density at radius 1 is 1.50 bits per heavy atom. The third-order valence-electron chi connectivity index (χ3n) is 4.92. The maximum Gasteiger partial charge on any atom is 0.123 e. The Morgan fingerprint density at radius 2 is 2.10 bits per heavy atom. The molecule has 3 N–H and O–H groups in total. The van der Waals surface area contributed by atoms with E-state index < -0.39 is 6.10 Å². The van der Waals surface area contributed by atoms with Crippen molar-refractivity contribution < 1.29 is 5.11 Å². The van der Waals surface area contributed by atoms with Gasteiger partial charge >= 0.3 is 0 Å². The first-order chi connectivity index (χ1) is 9.28. The lowest BCUT2D eigenvalue weighted by molar-refractivity contribution is -0.0235. The van der Waals surface area contributed by atoms with Crippen molar-refractivity contribution in [1.29, 1.82) is 0 Å². The van der Waals surface area contributed by atoms with Crippen LogP contribution in [0.15, 0.2) is 6.20 Å². The molecule has 0 bridgehead atoms. The van der Waals surface area contributed by atoms with Crippen LogP contribution in [-0.4, -0.2) is 16.6 Å². The molecule has 20 heavy (non-hydrogen) atoms. The zero-order valence-corrected chi connectivity index (χ0v) is 14.1. The molecule has 1 fully saturated rings. The Labute approximate surface area is 130 Å². The number of aliphatic hydroxyl groups is 1.